The summed E-state index contributed by atoms with van der Waals surface area (Å²) in [6.07, 6.45) is 6.93. The van der Waals surface area contributed by atoms with Crippen molar-refractivity contribution in [3.05, 3.63) is 72.4 Å². The van der Waals surface area contributed by atoms with Gasteiger partial charge in [-0.1, -0.05) is 83.7 Å². The van der Waals surface area contributed by atoms with Crippen molar-refractivity contribution in [2.45, 2.75) is 103 Å². The topological polar surface area (TPSA) is 175 Å². The summed E-state index contributed by atoms with van der Waals surface area (Å²) in [4.78, 5) is 72.8. The lowest BCUT2D eigenvalue weighted by molar-refractivity contribution is -0.136. The van der Waals surface area contributed by atoms with E-state index in [4.69, 9.17) is 19.4 Å². The zero-order valence-corrected chi connectivity index (χ0v) is 35.5. The first-order valence-electron chi connectivity index (χ1n) is 21.5. The molecule has 4 unspecified atom stereocenters. The third kappa shape index (κ3) is 8.55. The number of hydrogen-bond acceptors (Lipinski definition) is 8. The number of likely N-dealkylation sites (tertiary alicyclic amines) is 2. The van der Waals surface area contributed by atoms with Crippen LogP contribution < -0.4 is 10.6 Å². The molecule has 14 nitrogen and oxygen atoms in total. The van der Waals surface area contributed by atoms with Gasteiger partial charge in [0.05, 0.1) is 49.2 Å². The number of H-pyrrole nitrogens is 2. The van der Waals surface area contributed by atoms with Crippen molar-refractivity contribution in [3.63, 3.8) is 0 Å². The van der Waals surface area contributed by atoms with Gasteiger partial charge < -0.3 is 39.9 Å². The lowest BCUT2D eigenvalue weighted by Gasteiger charge is -2.31. The molecule has 2 aliphatic rings. The van der Waals surface area contributed by atoms with Crippen LogP contribution in [0.3, 0.4) is 0 Å². The van der Waals surface area contributed by atoms with Crippen molar-refractivity contribution < 1.29 is 28.7 Å². The summed E-state index contributed by atoms with van der Waals surface area (Å²) in [7, 11) is 2.63. The minimum Gasteiger partial charge on any atom is -0.453 e. The molecule has 3 aromatic carbocycles. The number of nitrogens with zero attached hydrogens (tertiary/aromatic N) is 4. The Bertz CT molecular complexity index is 2330. The van der Waals surface area contributed by atoms with Gasteiger partial charge in [-0.15, -0.1) is 0 Å². The summed E-state index contributed by atoms with van der Waals surface area (Å²) in [6.45, 7) is 9.33. The third-order valence-electron chi connectivity index (χ3n) is 12.8. The number of fused-ring (bicyclic) bond motifs is 2. The lowest BCUT2D eigenvalue weighted by atomic mass is 9.93. The van der Waals surface area contributed by atoms with Crippen LogP contribution in [0.15, 0.2) is 60.8 Å². The minimum absolute atomic E-state index is 0.00608. The van der Waals surface area contributed by atoms with Crippen molar-refractivity contribution >= 4 is 45.8 Å². The zero-order chi connectivity index (χ0) is 42.5. The molecular formula is C46H58N8O6. The maximum Gasteiger partial charge on any atom is 0.407 e. The fraction of sp³-hybridized carbons (Fsp3) is 0.478. The molecule has 7 rings (SSSR count). The number of aromatic amines is 2. The van der Waals surface area contributed by atoms with Crippen molar-refractivity contribution in [1.29, 1.82) is 0 Å². The van der Waals surface area contributed by atoms with E-state index in [0.717, 1.165) is 107 Å². The molecule has 4 amide bonds. The molecule has 0 spiro atoms. The Hall–Kier alpha value is -5.92. The highest BCUT2D eigenvalue weighted by molar-refractivity contribution is 5.92. The number of hydrogen-bond donors (Lipinski definition) is 4. The number of nitrogens with one attached hydrogen (secondary N) is 4. The zero-order valence-electron chi connectivity index (χ0n) is 35.5. The molecule has 0 bridgehead atoms. The molecular weight excluding hydrogens is 761 g/mol. The number of ether oxygens (including phenoxy) is 2. The summed E-state index contributed by atoms with van der Waals surface area (Å²) in [6, 6.07) is 17.2. The molecule has 0 saturated carbocycles. The maximum atomic E-state index is 14.0. The van der Waals surface area contributed by atoms with E-state index in [1.807, 2.05) is 49.8 Å². The normalized spacial score (nSPS) is 17.7. The quantitative estimate of drug-likeness (QED) is 0.0864. The van der Waals surface area contributed by atoms with Gasteiger partial charge in [0.2, 0.25) is 11.8 Å². The number of methoxy groups -OCH3 is 2. The second kappa shape index (κ2) is 18.6. The predicted octanol–water partition coefficient (Wildman–Crippen LogP) is 8.42. The Morgan fingerprint density at radius 1 is 0.683 bits per heavy atom. The third-order valence-corrected chi connectivity index (χ3v) is 12.8. The smallest absolute Gasteiger partial charge is 0.407 e. The molecule has 318 valence electrons. The Morgan fingerprint density at radius 3 is 1.73 bits per heavy atom. The Kier molecular flexibility index (Phi) is 13.1. The van der Waals surface area contributed by atoms with Crippen LogP contribution in [0.5, 0.6) is 0 Å². The molecule has 4 N–H and O–H groups in total. The number of alkyl carbamates (subject to hydrolysis) is 2. The fourth-order valence-electron chi connectivity index (χ4n) is 9.25. The van der Waals surface area contributed by atoms with Crippen LogP contribution in [0.25, 0.3) is 44.2 Å². The SMILES string of the molecule is CCC(CC)C(NC(=O)OC)C(=O)N1CCCC1c1ncc(-c2ccc3cc(-c4ccc5nc(C6CCCN6C(=O)C(NC(=O)OC)C(CC)CC)[nH]c5c4)ccc3c2)[nH]1. The molecule has 0 aliphatic carbocycles. The molecule has 2 aromatic heterocycles. The van der Waals surface area contributed by atoms with Crippen LogP contribution in [-0.2, 0) is 19.1 Å². The van der Waals surface area contributed by atoms with E-state index < -0.39 is 24.3 Å². The van der Waals surface area contributed by atoms with E-state index in [2.05, 4.69) is 69.1 Å². The highest BCUT2D eigenvalue weighted by Crippen LogP contribution is 2.36. The highest BCUT2D eigenvalue weighted by atomic mass is 16.5. The van der Waals surface area contributed by atoms with Gasteiger partial charge >= 0.3 is 12.2 Å². The van der Waals surface area contributed by atoms with Gasteiger partial charge in [-0.3, -0.25) is 9.59 Å². The van der Waals surface area contributed by atoms with Crippen LogP contribution in [0.2, 0.25) is 0 Å². The van der Waals surface area contributed by atoms with Crippen molar-refractivity contribution in [2.24, 2.45) is 11.8 Å². The second-order valence-electron chi connectivity index (χ2n) is 16.1. The molecule has 4 heterocycles. The Morgan fingerprint density at radius 2 is 1.18 bits per heavy atom. The van der Waals surface area contributed by atoms with Gasteiger partial charge in [-0.2, -0.15) is 0 Å². The number of rotatable bonds is 14. The van der Waals surface area contributed by atoms with E-state index >= 15 is 0 Å². The van der Waals surface area contributed by atoms with Gasteiger partial charge in [0.1, 0.15) is 23.7 Å². The summed E-state index contributed by atoms with van der Waals surface area (Å²) in [5.74, 6) is 1.26. The summed E-state index contributed by atoms with van der Waals surface area (Å²) in [5.41, 5.74) is 5.69. The molecule has 5 aromatic rings. The van der Waals surface area contributed by atoms with Gasteiger partial charge in [0.15, 0.2) is 0 Å². The molecule has 60 heavy (non-hydrogen) atoms. The van der Waals surface area contributed by atoms with Crippen molar-refractivity contribution in [2.75, 3.05) is 27.3 Å². The maximum absolute atomic E-state index is 14.0. The van der Waals surface area contributed by atoms with Gasteiger partial charge in [-0.05, 0) is 83.7 Å². The number of amides is 4. The Labute approximate surface area is 351 Å². The summed E-state index contributed by atoms with van der Waals surface area (Å²) in [5, 5.41) is 7.79. The first-order chi connectivity index (χ1) is 29.1. The minimum atomic E-state index is -0.665. The van der Waals surface area contributed by atoms with E-state index in [1.165, 1.54) is 14.2 Å². The lowest BCUT2D eigenvalue weighted by Crippen LogP contribution is -2.52. The second-order valence-corrected chi connectivity index (χ2v) is 16.1. The first-order valence-corrected chi connectivity index (χ1v) is 21.5. The number of imidazole rings is 2. The summed E-state index contributed by atoms with van der Waals surface area (Å²) >= 11 is 0. The number of aromatic nitrogens is 4. The number of carbonyl (C=O) groups is 4. The van der Waals surface area contributed by atoms with Gasteiger partial charge in [0.25, 0.3) is 0 Å². The van der Waals surface area contributed by atoms with E-state index in [9.17, 15) is 19.2 Å². The average molecular weight is 819 g/mol. The molecule has 2 saturated heterocycles. The van der Waals surface area contributed by atoms with Crippen LogP contribution in [0.1, 0.15) is 103 Å². The molecule has 2 aliphatic heterocycles. The molecule has 14 heteroatoms. The van der Waals surface area contributed by atoms with E-state index in [0.29, 0.717) is 13.1 Å². The summed E-state index contributed by atoms with van der Waals surface area (Å²) < 4.78 is 9.73. The Balaban J connectivity index is 1.07. The van der Waals surface area contributed by atoms with Crippen LogP contribution >= 0.6 is 0 Å². The molecule has 2 fully saturated rings. The first kappa shape index (κ1) is 42.2. The van der Waals surface area contributed by atoms with Gasteiger partial charge in [0, 0.05) is 18.7 Å². The highest BCUT2D eigenvalue weighted by Gasteiger charge is 2.40. The number of benzene rings is 3. The standard InChI is InChI=1S/C46H58N8O6/c1-7-27(8-2)39(51-45(57)59-5)43(55)53-21-11-13-37(53)41-47-26-36(50-41)33-18-17-29-23-30(15-16-31(29)24-33)32-19-20-34-35(25-32)49-42(48-34)38-14-12-22-54(38)44(56)40(28(9-3)10-4)52-46(58)60-6/h15-20,23-28,37-40H,7-14,21-22H2,1-6H3,(H,47,50)(H,48,49)(H,51,57)(H,52,58). The van der Waals surface area contributed by atoms with Crippen LogP contribution in [0.4, 0.5) is 9.59 Å². The van der Waals surface area contributed by atoms with Crippen molar-refractivity contribution in [3.8, 4) is 22.4 Å². The predicted molar refractivity (Wildman–Crippen MR) is 231 cm³/mol. The van der Waals surface area contributed by atoms with E-state index in [1.54, 1.807) is 0 Å². The monoisotopic (exact) mass is 818 g/mol. The number of carbonyl (C=O) groups excluding carboxylic acids is 4. The largest absolute Gasteiger partial charge is 0.453 e. The average Bonchev–Trinajstić information content (AvgIpc) is 4.12. The molecule has 0 radical (unpaired) electrons. The van der Waals surface area contributed by atoms with Gasteiger partial charge in [-0.25, -0.2) is 19.6 Å². The van der Waals surface area contributed by atoms with Crippen LogP contribution in [-0.4, -0.2) is 93.1 Å². The van der Waals surface area contributed by atoms with Crippen LogP contribution in [0, 0.1) is 11.8 Å². The fourth-order valence-corrected chi connectivity index (χ4v) is 9.25. The van der Waals surface area contributed by atoms with E-state index in [-0.39, 0.29) is 35.7 Å². The van der Waals surface area contributed by atoms with Crippen molar-refractivity contribution in [1.82, 2.24) is 40.4 Å². The molecule has 4 atom stereocenters.